The van der Waals surface area contributed by atoms with Gasteiger partial charge >= 0.3 is 0 Å². The van der Waals surface area contributed by atoms with E-state index in [1.54, 1.807) is 0 Å². The van der Waals surface area contributed by atoms with Crippen LogP contribution in [0.1, 0.15) is 93.5 Å². The zero-order chi connectivity index (χ0) is 15.1. The van der Waals surface area contributed by atoms with Gasteiger partial charge in [-0.3, -0.25) is 0 Å². The van der Waals surface area contributed by atoms with Gasteiger partial charge in [0.2, 0.25) is 0 Å². The Hall–Kier alpha value is 3.87. The molecule has 0 aromatic rings. The summed E-state index contributed by atoms with van der Waals surface area (Å²) in [5.41, 5.74) is 0.917. The maximum atomic E-state index is 9.64. The maximum absolute atomic E-state index is 9.64. The molecule has 8 heteroatoms. The summed E-state index contributed by atoms with van der Waals surface area (Å²) in [5, 5.41) is 28.6. The van der Waals surface area contributed by atoms with Crippen molar-refractivity contribution in [2.75, 3.05) is 26.2 Å². The fourth-order valence-electron chi connectivity index (χ4n) is 2.33. The molecule has 3 N–H and O–H groups in total. The molecular formula is C24H66NO3Y4-. The molecule has 0 aromatic heterocycles. The van der Waals surface area contributed by atoms with E-state index in [0.29, 0.717) is 37.1 Å². The van der Waals surface area contributed by atoms with Gasteiger partial charge in [-0.05, 0) is 6.42 Å². The molecule has 1 rings (SSSR count). The van der Waals surface area contributed by atoms with Crippen LogP contribution in [0.15, 0.2) is 12.2 Å². The van der Waals surface area contributed by atoms with Gasteiger partial charge in [-0.1, -0.05) is 80.7 Å². The number of nitrogens with zero attached hydrogens (tertiary/aromatic N) is 1. The van der Waals surface area contributed by atoms with Crippen molar-refractivity contribution >= 4 is 0 Å². The summed E-state index contributed by atoms with van der Waals surface area (Å²) in [4.78, 5) is 0. The first-order valence-corrected chi connectivity index (χ1v) is 6.90. The third kappa shape index (κ3) is 47.1. The van der Waals surface area contributed by atoms with Crippen LogP contribution in [-0.4, -0.2) is 64.3 Å². The van der Waals surface area contributed by atoms with Crippen molar-refractivity contribution in [2.45, 2.75) is 112 Å². The van der Waals surface area contributed by atoms with E-state index in [1.165, 1.54) is 0 Å². The third-order valence-corrected chi connectivity index (χ3v) is 3.20. The van der Waals surface area contributed by atoms with E-state index in [0.717, 1.165) is 12.0 Å². The second-order valence-corrected chi connectivity index (χ2v) is 5.69. The number of aliphatic hydroxyl groups excluding tert-OH is 3. The molecule has 1 heterocycles. The summed E-state index contributed by atoms with van der Waals surface area (Å²) >= 11 is 0. The molecule has 0 amide bonds. The van der Waals surface area contributed by atoms with Crippen molar-refractivity contribution in [2.24, 2.45) is 0 Å². The van der Waals surface area contributed by atoms with Crippen LogP contribution in [0, 0.1) is 13.8 Å². The third-order valence-electron chi connectivity index (χ3n) is 3.20. The van der Waals surface area contributed by atoms with Crippen molar-refractivity contribution in [3.8, 4) is 0 Å². The van der Waals surface area contributed by atoms with Gasteiger partial charge in [0.15, 0.2) is 6.10 Å². The van der Waals surface area contributed by atoms with Crippen LogP contribution >= 0.6 is 0 Å². The number of hydrogen-bond acceptors (Lipinski definition) is 3. The maximum Gasteiger partial charge on any atom is 0.152 e. The standard InChI is InChI=1S/C11H23NO3.C4H7.9CH4.4Y/c1-3-9(13)5-12(6-10(14)4-2)7-11(15)8-12;1-4(2)3;;;;;;;;;;;;;/h9-11,13-15H,1,3-8H2,2H3;1-2H2,3H3;9*1H4;;;;/q;-1;;;;;;;;;;;;;. The first-order chi connectivity index (χ1) is 8.74. The molecule has 0 saturated carbocycles. The van der Waals surface area contributed by atoms with Crippen molar-refractivity contribution in [3.63, 3.8) is 0 Å². The number of rotatable bonds is 6. The van der Waals surface area contributed by atoms with E-state index < -0.39 is 6.10 Å². The quantitative estimate of drug-likeness (QED) is 0.210. The first-order valence-electron chi connectivity index (χ1n) is 6.90. The number of aliphatic hydroxyl groups is 3. The van der Waals surface area contributed by atoms with Crippen LogP contribution in [0.4, 0.5) is 0 Å². The molecule has 0 aromatic carbocycles. The van der Waals surface area contributed by atoms with E-state index in [4.69, 9.17) is 0 Å². The Kier molecular flexibility index (Phi) is 147. The normalized spacial score (nSPS) is 17.0. The molecule has 4 radical (unpaired) electrons. The topological polar surface area (TPSA) is 60.7 Å². The van der Waals surface area contributed by atoms with Crippen LogP contribution in [-0.2, 0) is 131 Å². The molecular weight excluding hydrogens is 706 g/mol. The Morgan fingerprint density at radius 2 is 1.09 bits per heavy atom. The van der Waals surface area contributed by atoms with Crippen molar-refractivity contribution in [1.29, 1.82) is 0 Å². The summed E-state index contributed by atoms with van der Waals surface area (Å²) in [6, 6.07) is 0. The second-order valence-electron chi connectivity index (χ2n) is 5.69. The number of quaternary nitrogens is 1. The second kappa shape index (κ2) is 51.5. The Morgan fingerprint density at radius 1 is 0.844 bits per heavy atom. The summed E-state index contributed by atoms with van der Waals surface area (Å²) < 4.78 is 0.632. The molecule has 32 heavy (non-hydrogen) atoms. The molecule has 1 saturated heterocycles. The first kappa shape index (κ1) is 91.2. The summed E-state index contributed by atoms with van der Waals surface area (Å²) in [5.74, 6) is 0. The minimum Gasteiger partial charge on any atom is -0.390 e. The van der Waals surface area contributed by atoms with Crippen molar-refractivity contribution in [1.82, 2.24) is 0 Å². The fraction of sp³-hybridized carbons (Fsp3) is 0.833. The predicted octanol–water partition coefficient (Wildman–Crippen LogP) is 6.65. The molecule has 2 unspecified atom stereocenters. The zero-order valence-corrected chi connectivity index (χ0v) is 26.0. The van der Waals surface area contributed by atoms with Crippen LogP contribution in [0.25, 0.3) is 0 Å². The Bertz CT molecular complexity index is 264. The van der Waals surface area contributed by atoms with Gasteiger partial charge in [-0.15, -0.1) is 6.42 Å². The van der Waals surface area contributed by atoms with E-state index >= 15 is 0 Å². The smallest absolute Gasteiger partial charge is 0.152 e. The number of likely N-dealkylation sites (tertiary alicyclic amines) is 1. The predicted molar refractivity (Wildman–Crippen MR) is 139 cm³/mol. The van der Waals surface area contributed by atoms with Gasteiger partial charge in [0.1, 0.15) is 32.3 Å². The molecule has 0 bridgehead atoms. The minimum atomic E-state index is -0.429. The average Bonchev–Trinajstić information content (AvgIpc) is 2.25. The summed E-state index contributed by atoms with van der Waals surface area (Å²) in [6.07, 6.45) is 0.164. The van der Waals surface area contributed by atoms with Gasteiger partial charge in [-0.25, -0.2) is 19.1 Å². The van der Waals surface area contributed by atoms with E-state index in [2.05, 4.69) is 20.4 Å². The minimum absolute atomic E-state index is 0. The van der Waals surface area contributed by atoms with Gasteiger partial charge < -0.3 is 26.7 Å². The zero-order valence-electron chi connectivity index (χ0n) is 14.7. The fourth-order valence-corrected chi connectivity index (χ4v) is 2.33. The van der Waals surface area contributed by atoms with Gasteiger partial charge in [-0.2, -0.15) is 0 Å². The Labute approximate surface area is 309 Å². The average molecular weight is 772 g/mol. The molecule has 1 aliphatic heterocycles. The summed E-state index contributed by atoms with van der Waals surface area (Å²) in [7, 11) is 0. The Morgan fingerprint density at radius 3 is 1.28 bits per heavy atom. The molecule has 0 aliphatic carbocycles. The monoisotopic (exact) mass is 772 g/mol. The molecule has 4 nitrogen and oxygen atoms in total. The van der Waals surface area contributed by atoms with Gasteiger partial charge in [0.25, 0.3) is 0 Å². The molecule has 1 fully saturated rings. The van der Waals surface area contributed by atoms with Crippen LogP contribution < -0.4 is 0 Å². The molecule has 1 aliphatic rings. The van der Waals surface area contributed by atoms with E-state index in [1.807, 2.05) is 13.8 Å². The van der Waals surface area contributed by atoms with Crippen LogP contribution in [0.2, 0.25) is 0 Å². The Balaban J connectivity index is -0.0000000148. The van der Waals surface area contributed by atoms with E-state index in [-0.39, 0.29) is 210 Å². The van der Waals surface area contributed by atoms with Crippen LogP contribution in [0.3, 0.4) is 0 Å². The van der Waals surface area contributed by atoms with Gasteiger partial charge in [0.05, 0.1) is 6.10 Å². The number of allylic oxidation sites excluding steroid dienone is 1. The van der Waals surface area contributed by atoms with Gasteiger partial charge in [0, 0.05) is 131 Å². The number of hydrogen-bond donors (Lipinski definition) is 3. The largest absolute Gasteiger partial charge is 0.390 e. The van der Waals surface area contributed by atoms with Crippen molar-refractivity contribution in [3.05, 3.63) is 26.0 Å². The summed E-state index contributed by atoms with van der Waals surface area (Å²) in [6.45, 7) is 16.9. The molecule has 2 atom stereocenters. The van der Waals surface area contributed by atoms with E-state index in [9.17, 15) is 15.3 Å². The molecule has 0 spiro atoms. The van der Waals surface area contributed by atoms with Crippen molar-refractivity contribution < 1.29 is 151 Å². The SMILES string of the molecule is C.C.C.C.C.C.C.C.C.C=C([CH2-])C.[CH2-]CC(O)C[N+]1(CC(O)CC)CC(O)C1.[Y].[Y].[Y].[Y]. The molecule has 198 valence electrons. The van der Waals surface area contributed by atoms with Crippen LogP contribution in [0.5, 0.6) is 0 Å².